The molecule has 0 spiro atoms. The number of nitrogens with one attached hydrogen (secondary N) is 1. The standard InChI is InChI=1S/C15H14F3N3O2/c1-10-2-3-13(23-9-15(16,17)18)21-12(10)8-20-14(22)11-4-6-19-7-5-11/h2-7H,8-9H2,1H3,(H,20,22). The summed E-state index contributed by atoms with van der Waals surface area (Å²) < 4.78 is 41.0. The summed E-state index contributed by atoms with van der Waals surface area (Å²) in [7, 11) is 0. The van der Waals surface area contributed by atoms with Gasteiger partial charge in [-0.3, -0.25) is 9.78 Å². The second-order valence-corrected chi connectivity index (χ2v) is 4.74. The van der Waals surface area contributed by atoms with E-state index in [4.69, 9.17) is 0 Å². The average Bonchev–Trinajstić information content (AvgIpc) is 2.52. The first-order valence-corrected chi connectivity index (χ1v) is 6.69. The summed E-state index contributed by atoms with van der Waals surface area (Å²) in [6, 6.07) is 6.05. The fourth-order valence-electron chi connectivity index (χ4n) is 1.74. The molecule has 0 aliphatic carbocycles. The fourth-order valence-corrected chi connectivity index (χ4v) is 1.74. The number of carbonyl (C=O) groups excluding carboxylic acids is 1. The summed E-state index contributed by atoms with van der Waals surface area (Å²) in [6.07, 6.45) is -1.45. The lowest BCUT2D eigenvalue weighted by atomic mass is 10.2. The van der Waals surface area contributed by atoms with Crippen molar-refractivity contribution in [1.82, 2.24) is 15.3 Å². The molecule has 0 fully saturated rings. The number of ether oxygens (including phenoxy) is 1. The number of amides is 1. The van der Waals surface area contributed by atoms with Crippen LogP contribution in [0.4, 0.5) is 13.2 Å². The van der Waals surface area contributed by atoms with Gasteiger partial charge in [0.1, 0.15) is 0 Å². The van der Waals surface area contributed by atoms with Gasteiger partial charge in [0.25, 0.3) is 5.91 Å². The number of aryl methyl sites for hydroxylation is 1. The first-order valence-electron chi connectivity index (χ1n) is 6.69. The highest BCUT2D eigenvalue weighted by Gasteiger charge is 2.28. The summed E-state index contributed by atoms with van der Waals surface area (Å²) in [5, 5.41) is 2.65. The van der Waals surface area contributed by atoms with Gasteiger partial charge in [-0.05, 0) is 24.6 Å². The zero-order valence-electron chi connectivity index (χ0n) is 12.2. The second-order valence-electron chi connectivity index (χ2n) is 4.74. The molecule has 1 amide bonds. The number of hydrogen-bond donors (Lipinski definition) is 1. The number of rotatable bonds is 5. The van der Waals surface area contributed by atoms with Gasteiger partial charge in [-0.15, -0.1) is 0 Å². The van der Waals surface area contributed by atoms with Crippen LogP contribution in [0.5, 0.6) is 5.88 Å². The van der Waals surface area contributed by atoms with E-state index >= 15 is 0 Å². The minimum Gasteiger partial charge on any atom is -0.468 e. The van der Waals surface area contributed by atoms with Crippen LogP contribution in [0.2, 0.25) is 0 Å². The lowest BCUT2D eigenvalue weighted by Crippen LogP contribution is -2.24. The lowest BCUT2D eigenvalue weighted by molar-refractivity contribution is -0.154. The monoisotopic (exact) mass is 325 g/mol. The number of alkyl halides is 3. The number of carbonyl (C=O) groups is 1. The molecule has 2 aromatic heterocycles. The minimum absolute atomic E-state index is 0.0796. The van der Waals surface area contributed by atoms with E-state index in [0.29, 0.717) is 11.3 Å². The zero-order valence-corrected chi connectivity index (χ0v) is 12.2. The highest BCUT2D eigenvalue weighted by molar-refractivity contribution is 5.93. The van der Waals surface area contributed by atoms with Crippen molar-refractivity contribution < 1.29 is 22.7 Å². The SMILES string of the molecule is Cc1ccc(OCC(F)(F)F)nc1CNC(=O)c1ccncc1. The Balaban J connectivity index is 2.00. The van der Waals surface area contributed by atoms with Crippen LogP contribution in [-0.4, -0.2) is 28.7 Å². The van der Waals surface area contributed by atoms with Crippen molar-refractivity contribution in [2.45, 2.75) is 19.6 Å². The van der Waals surface area contributed by atoms with Gasteiger partial charge in [-0.1, -0.05) is 6.07 Å². The molecule has 0 unspecified atom stereocenters. The van der Waals surface area contributed by atoms with Crippen molar-refractivity contribution in [3.8, 4) is 5.88 Å². The van der Waals surface area contributed by atoms with Gasteiger partial charge >= 0.3 is 6.18 Å². The van der Waals surface area contributed by atoms with Crippen LogP contribution < -0.4 is 10.1 Å². The molecule has 23 heavy (non-hydrogen) atoms. The molecule has 122 valence electrons. The summed E-state index contributed by atoms with van der Waals surface area (Å²) >= 11 is 0. The van der Waals surface area contributed by atoms with E-state index in [0.717, 1.165) is 5.56 Å². The normalized spacial score (nSPS) is 11.1. The molecule has 8 heteroatoms. The molecule has 2 heterocycles. The Morgan fingerprint density at radius 1 is 1.22 bits per heavy atom. The van der Waals surface area contributed by atoms with Gasteiger partial charge in [0.2, 0.25) is 5.88 Å². The zero-order chi connectivity index (χ0) is 16.9. The molecule has 2 aromatic rings. The number of halogens is 3. The van der Waals surface area contributed by atoms with Gasteiger partial charge in [-0.25, -0.2) is 4.98 Å². The van der Waals surface area contributed by atoms with Crippen molar-refractivity contribution in [3.63, 3.8) is 0 Å². The lowest BCUT2D eigenvalue weighted by Gasteiger charge is -2.11. The Labute approximate surface area is 130 Å². The number of aromatic nitrogens is 2. The van der Waals surface area contributed by atoms with Gasteiger partial charge in [0.05, 0.1) is 12.2 Å². The quantitative estimate of drug-likeness (QED) is 0.918. The Morgan fingerprint density at radius 2 is 1.91 bits per heavy atom. The van der Waals surface area contributed by atoms with E-state index in [9.17, 15) is 18.0 Å². The van der Waals surface area contributed by atoms with Crippen molar-refractivity contribution in [2.75, 3.05) is 6.61 Å². The maximum atomic E-state index is 12.1. The highest BCUT2D eigenvalue weighted by Crippen LogP contribution is 2.18. The Hall–Kier alpha value is -2.64. The maximum Gasteiger partial charge on any atom is 0.422 e. The molecule has 1 N–H and O–H groups in total. The molecule has 0 aromatic carbocycles. The minimum atomic E-state index is -4.43. The van der Waals surface area contributed by atoms with Gasteiger partial charge in [-0.2, -0.15) is 13.2 Å². The van der Waals surface area contributed by atoms with Gasteiger partial charge < -0.3 is 10.1 Å². The molecular weight excluding hydrogens is 311 g/mol. The molecule has 2 rings (SSSR count). The summed E-state index contributed by atoms with van der Waals surface area (Å²) in [4.78, 5) is 19.7. The third-order valence-electron chi connectivity index (χ3n) is 2.92. The Kier molecular flexibility index (Phi) is 5.15. The summed E-state index contributed by atoms with van der Waals surface area (Å²) in [5.41, 5.74) is 1.61. The number of nitrogens with zero attached hydrogens (tertiary/aromatic N) is 2. The number of pyridine rings is 2. The predicted octanol–water partition coefficient (Wildman–Crippen LogP) is 2.66. The van der Waals surface area contributed by atoms with Crippen molar-refractivity contribution in [1.29, 1.82) is 0 Å². The maximum absolute atomic E-state index is 12.1. The molecule has 0 radical (unpaired) electrons. The highest BCUT2D eigenvalue weighted by atomic mass is 19.4. The van der Waals surface area contributed by atoms with Crippen LogP contribution in [0, 0.1) is 6.92 Å². The van der Waals surface area contributed by atoms with E-state index in [1.54, 1.807) is 25.1 Å². The molecule has 0 saturated heterocycles. The first kappa shape index (κ1) is 16.7. The van der Waals surface area contributed by atoms with Crippen LogP contribution in [0.15, 0.2) is 36.7 Å². The third-order valence-corrected chi connectivity index (χ3v) is 2.92. The van der Waals surface area contributed by atoms with E-state index in [1.165, 1.54) is 18.5 Å². The molecular formula is C15H14F3N3O2. The van der Waals surface area contributed by atoms with Gasteiger partial charge in [0.15, 0.2) is 6.61 Å². The van der Waals surface area contributed by atoms with Crippen molar-refractivity contribution in [3.05, 3.63) is 53.5 Å². The van der Waals surface area contributed by atoms with Crippen LogP contribution in [0.1, 0.15) is 21.6 Å². The van der Waals surface area contributed by atoms with E-state index in [2.05, 4.69) is 20.0 Å². The van der Waals surface area contributed by atoms with Crippen molar-refractivity contribution >= 4 is 5.91 Å². The van der Waals surface area contributed by atoms with Gasteiger partial charge in [0, 0.05) is 24.0 Å². The van der Waals surface area contributed by atoms with Crippen LogP contribution in [0.25, 0.3) is 0 Å². The Morgan fingerprint density at radius 3 is 2.57 bits per heavy atom. The van der Waals surface area contributed by atoms with Crippen molar-refractivity contribution in [2.24, 2.45) is 0 Å². The fraction of sp³-hybridized carbons (Fsp3) is 0.267. The molecule has 0 atom stereocenters. The Bertz CT molecular complexity index is 675. The molecule has 5 nitrogen and oxygen atoms in total. The first-order chi connectivity index (χ1) is 10.8. The second kappa shape index (κ2) is 7.08. The van der Waals surface area contributed by atoms with E-state index in [1.807, 2.05) is 0 Å². The molecule has 0 saturated carbocycles. The smallest absolute Gasteiger partial charge is 0.422 e. The molecule has 0 aliphatic rings. The topological polar surface area (TPSA) is 64.1 Å². The molecule has 0 bridgehead atoms. The van der Waals surface area contributed by atoms with E-state index in [-0.39, 0.29) is 18.3 Å². The predicted molar refractivity (Wildman–Crippen MR) is 75.9 cm³/mol. The van der Waals surface area contributed by atoms with Crippen LogP contribution in [-0.2, 0) is 6.54 Å². The molecule has 0 aliphatic heterocycles. The summed E-state index contributed by atoms with van der Waals surface area (Å²) in [5.74, 6) is -0.462. The van der Waals surface area contributed by atoms with E-state index < -0.39 is 12.8 Å². The number of hydrogen-bond acceptors (Lipinski definition) is 4. The third kappa shape index (κ3) is 5.24. The average molecular weight is 325 g/mol. The summed E-state index contributed by atoms with van der Waals surface area (Å²) in [6.45, 7) is 0.413. The van der Waals surface area contributed by atoms with Crippen LogP contribution >= 0.6 is 0 Å². The largest absolute Gasteiger partial charge is 0.468 e. The van der Waals surface area contributed by atoms with Crippen LogP contribution in [0.3, 0.4) is 0 Å².